The van der Waals surface area contributed by atoms with Crippen LogP contribution in [0.2, 0.25) is 5.02 Å². The minimum Gasteiger partial charge on any atom is -0.385 e. The molecule has 23 heavy (non-hydrogen) atoms. The van der Waals surface area contributed by atoms with Crippen molar-refractivity contribution >= 4 is 33.2 Å². The van der Waals surface area contributed by atoms with Crippen LogP contribution in [0.15, 0.2) is 46.9 Å². The number of halogens is 2. The smallest absolute Gasteiger partial charge is 0.101 e. The van der Waals surface area contributed by atoms with Crippen molar-refractivity contribution in [3.8, 4) is 6.07 Å². The molecule has 0 bridgehead atoms. The average molecular weight is 392 g/mol. The van der Waals surface area contributed by atoms with Crippen molar-refractivity contribution in [3.63, 3.8) is 0 Å². The van der Waals surface area contributed by atoms with Crippen molar-refractivity contribution in [2.24, 2.45) is 0 Å². The normalized spacial score (nSPS) is 16.9. The lowest BCUT2D eigenvalue weighted by Gasteiger charge is -2.40. The van der Waals surface area contributed by atoms with Gasteiger partial charge in [-0.05, 0) is 37.1 Å². The summed E-state index contributed by atoms with van der Waals surface area (Å²) in [6.07, 6.45) is 1.16. The first kappa shape index (κ1) is 16.3. The van der Waals surface area contributed by atoms with Crippen molar-refractivity contribution in [2.75, 3.05) is 18.0 Å². The molecule has 0 aromatic heterocycles. The van der Waals surface area contributed by atoms with Gasteiger partial charge in [-0.3, -0.25) is 0 Å². The largest absolute Gasteiger partial charge is 0.385 e. The van der Waals surface area contributed by atoms with Crippen LogP contribution in [-0.2, 0) is 5.60 Å². The summed E-state index contributed by atoms with van der Waals surface area (Å²) in [5.74, 6) is 0. The molecule has 0 spiro atoms. The third-order valence-electron chi connectivity index (χ3n) is 4.39. The molecule has 118 valence electrons. The maximum absolute atomic E-state index is 11.0. The molecule has 0 atom stereocenters. The topological polar surface area (TPSA) is 47.3 Å². The summed E-state index contributed by atoms with van der Waals surface area (Å²) in [6.45, 7) is 1.36. The van der Waals surface area contributed by atoms with E-state index in [0.717, 1.165) is 15.7 Å². The molecule has 1 saturated heterocycles. The molecule has 1 fully saturated rings. The Labute approximate surface area is 149 Å². The molecule has 0 aliphatic carbocycles. The SMILES string of the molecule is N#Cc1cc(Br)ccc1N1CCC(O)(c2ccccc2Cl)CC1. The van der Waals surface area contributed by atoms with E-state index >= 15 is 0 Å². The predicted octanol–water partition coefficient (Wildman–Crippen LogP) is 4.46. The molecule has 1 heterocycles. The molecule has 0 amide bonds. The van der Waals surface area contributed by atoms with Gasteiger partial charge in [-0.2, -0.15) is 5.26 Å². The van der Waals surface area contributed by atoms with E-state index in [0.29, 0.717) is 36.5 Å². The van der Waals surface area contributed by atoms with Crippen LogP contribution in [0, 0.1) is 11.3 Å². The molecule has 1 aliphatic rings. The maximum atomic E-state index is 11.0. The van der Waals surface area contributed by atoms with Crippen molar-refractivity contribution in [1.29, 1.82) is 5.26 Å². The highest BCUT2D eigenvalue weighted by molar-refractivity contribution is 9.10. The molecule has 0 unspecified atom stereocenters. The van der Waals surface area contributed by atoms with Crippen LogP contribution in [0.25, 0.3) is 0 Å². The Kier molecular flexibility index (Phi) is 4.63. The van der Waals surface area contributed by atoms with Crippen LogP contribution in [0.1, 0.15) is 24.0 Å². The third kappa shape index (κ3) is 3.23. The van der Waals surface area contributed by atoms with Gasteiger partial charge in [0.05, 0.1) is 16.9 Å². The molecule has 0 radical (unpaired) electrons. The summed E-state index contributed by atoms with van der Waals surface area (Å²) in [4.78, 5) is 2.15. The fourth-order valence-corrected chi connectivity index (χ4v) is 3.77. The van der Waals surface area contributed by atoms with Crippen molar-refractivity contribution in [2.45, 2.75) is 18.4 Å². The lowest BCUT2D eigenvalue weighted by atomic mass is 9.84. The zero-order valence-corrected chi connectivity index (χ0v) is 14.8. The molecule has 3 nitrogen and oxygen atoms in total. The highest BCUT2D eigenvalue weighted by atomic mass is 79.9. The summed E-state index contributed by atoms with van der Waals surface area (Å²) >= 11 is 9.64. The Morgan fingerprint density at radius 2 is 1.87 bits per heavy atom. The van der Waals surface area contributed by atoms with Gasteiger partial charge in [0.15, 0.2) is 0 Å². The van der Waals surface area contributed by atoms with Crippen molar-refractivity contribution in [1.82, 2.24) is 0 Å². The van der Waals surface area contributed by atoms with Crippen LogP contribution < -0.4 is 4.90 Å². The van der Waals surface area contributed by atoms with E-state index in [1.165, 1.54) is 0 Å². The van der Waals surface area contributed by atoms with Gasteiger partial charge in [0.1, 0.15) is 6.07 Å². The summed E-state index contributed by atoms with van der Waals surface area (Å²) < 4.78 is 0.891. The van der Waals surface area contributed by atoms with Crippen LogP contribution >= 0.6 is 27.5 Å². The number of hydrogen-bond donors (Lipinski definition) is 1. The molecule has 2 aromatic carbocycles. The number of nitrogens with zero attached hydrogens (tertiary/aromatic N) is 2. The first-order valence-electron chi connectivity index (χ1n) is 7.45. The number of benzene rings is 2. The van der Waals surface area contributed by atoms with E-state index in [9.17, 15) is 10.4 Å². The monoisotopic (exact) mass is 390 g/mol. The number of piperidine rings is 1. The number of anilines is 1. The quantitative estimate of drug-likeness (QED) is 0.822. The zero-order valence-electron chi connectivity index (χ0n) is 12.5. The molecule has 3 rings (SSSR count). The van der Waals surface area contributed by atoms with E-state index in [2.05, 4.69) is 26.9 Å². The molecular weight excluding hydrogens is 376 g/mol. The third-order valence-corrected chi connectivity index (χ3v) is 5.21. The number of hydrogen-bond acceptors (Lipinski definition) is 3. The number of aliphatic hydroxyl groups is 1. The lowest BCUT2D eigenvalue weighted by molar-refractivity contribution is 0.0119. The van der Waals surface area contributed by atoms with E-state index in [-0.39, 0.29) is 0 Å². The lowest BCUT2D eigenvalue weighted by Crippen LogP contribution is -2.43. The average Bonchev–Trinajstić information content (AvgIpc) is 2.56. The number of nitriles is 1. The van der Waals surface area contributed by atoms with Gasteiger partial charge >= 0.3 is 0 Å². The van der Waals surface area contributed by atoms with Crippen molar-refractivity contribution in [3.05, 3.63) is 63.1 Å². The number of rotatable bonds is 2. The van der Waals surface area contributed by atoms with Crippen LogP contribution in [0.3, 0.4) is 0 Å². The van der Waals surface area contributed by atoms with Gasteiger partial charge in [0.2, 0.25) is 0 Å². The van der Waals surface area contributed by atoms with Gasteiger partial charge in [0.25, 0.3) is 0 Å². The Bertz CT molecular complexity index is 764. The maximum Gasteiger partial charge on any atom is 0.101 e. The van der Waals surface area contributed by atoms with E-state index in [1.54, 1.807) is 0 Å². The van der Waals surface area contributed by atoms with E-state index in [4.69, 9.17) is 11.6 Å². The van der Waals surface area contributed by atoms with Crippen LogP contribution in [0.5, 0.6) is 0 Å². The van der Waals surface area contributed by atoms with Crippen LogP contribution in [0.4, 0.5) is 5.69 Å². The van der Waals surface area contributed by atoms with Gasteiger partial charge in [-0.1, -0.05) is 45.7 Å². The van der Waals surface area contributed by atoms with E-state index in [1.807, 2.05) is 42.5 Å². The molecule has 0 saturated carbocycles. The van der Waals surface area contributed by atoms with Crippen LogP contribution in [-0.4, -0.2) is 18.2 Å². The van der Waals surface area contributed by atoms with Crippen molar-refractivity contribution < 1.29 is 5.11 Å². The van der Waals surface area contributed by atoms with Gasteiger partial charge < -0.3 is 10.0 Å². The minimum absolute atomic E-state index is 0.581. The Hall–Kier alpha value is -1.54. The van der Waals surface area contributed by atoms with E-state index < -0.39 is 5.60 Å². The highest BCUT2D eigenvalue weighted by Crippen LogP contribution is 2.38. The second-order valence-corrected chi connectivity index (χ2v) is 7.09. The standard InChI is InChI=1S/C18H16BrClN2O/c19-14-5-6-17(13(11-14)12-21)22-9-7-18(23,8-10-22)15-3-1-2-4-16(15)20/h1-6,11,23H,7-10H2. The Morgan fingerprint density at radius 3 is 2.52 bits per heavy atom. The first-order chi connectivity index (χ1) is 11.0. The molecule has 5 heteroatoms. The summed E-state index contributed by atoms with van der Waals surface area (Å²) in [7, 11) is 0. The predicted molar refractivity (Wildman–Crippen MR) is 95.7 cm³/mol. The Balaban J connectivity index is 1.82. The van der Waals surface area contributed by atoms with Gasteiger partial charge in [-0.25, -0.2) is 0 Å². The summed E-state index contributed by atoms with van der Waals surface area (Å²) in [5, 5.41) is 20.9. The fraction of sp³-hybridized carbons (Fsp3) is 0.278. The summed E-state index contributed by atoms with van der Waals surface area (Å²) in [6, 6.07) is 15.4. The first-order valence-corrected chi connectivity index (χ1v) is 8.62. The minimum atomic E-state index is -0.906. The van der Waals surface area contributed by atoms with Gasteiger partial charge in [0, 0.05) is 28.1 Å². The summed E-state index contributed by atoms with van der Waals surface area (Å²) in [5.41, 5.74) is 1.44. The molecule has 2 aromatic rings. The van der Waals surface area contributed by atoms with Gasteiger partial charge in [-0.15, -0.1) is 0 Å². The molecule has 1 N–H and O–H groups in total. The highest BCUT2D eigenvalue weighted by Gasteiger charge is 2.35. The Morgan fingerprint density at radius 1 is 1.17 bits per heavy atom. The second-order valence-electron chi connectivity index (χ2n) is 5.77. The fourth-order valence-electron chi connectivity index (χ4n) is 3.10. The molecule has 1 aliphatic heterocycles. The molecular formula is C18H16BrClN2O. The zero-order chi connectivity index (χ0) is 16.4. The second kappa shape index (κ2) is 6.52.